The van der Waals surface area contributed by atoms with E-state index in [0.29, 0.717) is 5.92 Å². The summed E-state index contributed by atoms with van der Waals surface area (Å²) in [5, 5.41) is 4.19. The van der Waals surface area contributed by atoms with Crippen LogP contribution in [0.3, 0.4) is 0 Å². The molecule has 7 rings (SSSR count). The molecule has 2 aliphatic carbocycles. The van der Waals surface area contributed by atoms with E-state index >= 15 is 0 Å². The quantitative estimate of drug-likeness (QED) is 0.367. The van der Waals surface area contributed by atoms with Gasteiger partial charge in [-0.05, 0) is 61.9 Å². The summed E-state index contributed by atoms with van der Waals surface area (Å²) in [6.07, 6.45) is 6.36. The molecule has 0 amide bonds. The number of ether oxygens (including phenoxy) is 1. The van der Waals surface area contributed by atoms with Crippen LogP contribution in [0.25, 0.3) is 22.3 Å². The molecule has 7 heteroatoms. The van der Waals surface area contributed by atoms with E-state index in [2.05, 4.69) is 64.5 Å². The van der Waals surface area contributed by atoms with Crippen molar-refractivity contribution in [1.29, 1.82) is 0 Å². The van der Waals surface area contributed by atoms with Gasteiger partial charge in [0.15, 0.2) is 0 Å². The molecule has 1 N–H and O–H groups in total. The smallest absolute Gasteiger partial charge is 0.143 e. The zero-order valence-electron chi connectivity index (χ0n) is 20.6. The Kier molecular flexibility index (Phi) is 4.58. The van der Waals surface area contributed by atoms with Crippen molar-refractivity contribution in [3.8, 4) is 17.0 Å². The molecule has 5 aromatic rings. The summed E-state index contributed by atoms with van der Waals surface area (Å²) >= 11 is 0. The molecular weight excluding hydrogens is 450 g/mol. The van der Waals surface area contributed by atoms with Crippen molar-refractivity contribution >= 4 is 11.0 Å². The van der Waals surface area contributed by atoms with Crippen molar-refractivity contribution in [1.82, 2.24) is 25.1 Å². The van der Waals surface area contributed by atoms with E-state index in [-0.39, 0.29) is 11.3 Å². The highest BCUT2D eigenvalue weighted by Gasteiger charge is 2.54. The number of imidazole rings is 1. The molecule has 0 spiro atoms. The second-order valence-electron chi connectivity index (χ2n) is 10.1. The van der Waals surface area contributed by atoms with Gasteiger partial charge < -0.3 is 14.2 Å². The Morgan fingerprint density at radius 2 is 1.97 bits per heavy atom. The number of benzene rings is 2. The summed E-state index contributed by atoms with van der Waals surface area (Å²) in [5.41, 5.74) is 8.52. The number of rotatable bonds is 3. The molecule has 0 saturated heterocycles. The number of nitrogens with one attached hydrogen (secondary N) is 1. The number of H-pyrrole nitrogens is 1. The highest BCUT2D eigenvalue weighted by Crippen LogP contribution is 2.57. The predicted molar refractivity (Wildman–Crippen MR) is 136 cm³/mol. The van der Waals surface area contributed by atoms with Gasteiger partial charge in [-0.25, -0.2) is 15.0 Å². The Bertz CT molecular complexity index is 1600. The van der Waals surface area contributed by atoms with Gasteiger partial charge in [0.25, 0.3) is 0 Å². The molecule has 3 aromatic heterocycles. The maximum absolute atomic E-state index is 5.76. The van der Waals surface area contributed by atoms with Crippen LogP contribution in [0.2, 0.25) is 0 Å². The lowest BCUT2D eigenvalue weighted by Gasteiger charge is -2.50. The molecule has 2 aromatic carbocycles. The third-order valence-corrected chi connectivity index (χ3v) is 8.34. The first-order valence-electron chi connectivity index (χ1n) is 12.5. The van der Waals surface area contributed by atoms with Crippen molar-refractivity contribution in [2.24, 2.45) is 5.92 Å². The van der Waals surface area contributed by atoms with Crippen LogP contribution in [0.15, 0.2) is 59.5 Å². The molecule has 0 unspecified atom stereocenters. The van der Waals surface area contributed by atoms with Crippen molar-refractivity contribution in [3.63, 3.8) is 0 Å². The standard InChI is InChI=1S/C29H27N5O2/c1-16-23-10-9-22-26(18-4-11-24-25(12-18)31-15-30-24)33-17(2)34-28(22)29(23,13-19-14-32-36-27(16)19)20-5-7-21(35-3)8-6-20/h4-8,11-12,14-16,23H,9-10,13H2,1-3H3,(H,30,31)/t16-,23-,29+/m0/s1. The Balaban J connectivity index is 1.50. The van der Waals surface area contributed by atoms with Gasteiger partial charge in [-0.3, -0.25) is 0 Å². The Hall–Kier alpha value is -4.00. The summed E-state index contributed by atoms with van der Waals surface area (Å²) in [4.78, 5) is 17.9. The van der Waals surface area contributed by atoms with E-state index < -0.39 is 0 Å². The first kappa shape index (κ1) is 21.3. The SMILES string of the molecule is COc1ccc([C@]23Cc4cnoc4[C@@H](C)[C@@H]2CCc2c(-c4ccc5[nH]cnc5c4)nc(C)nc23)cc1. The van der Waals surface area contributed by atoms with Crippen molar-refractivity contribution < 1.29 is 9.26 Å². The second kappa shape index (κ2) is 7.75. The molecule has 36 heavy (non-hydrogen) atoms. The predicted octanol–water partition coefficient (Wildman–Crippen LogP) is 5.53. The molecule has 0 bridgehead atoms. The van der Waals surface area contributed by atoms with E-state index in [4.69, 9.17) is 19.2 Å². The van der Waals surface area contributed by atoms with Crippen molar-refractivity contribution in [2.75, 3.05) is 7.11 Å². The number of aromatic nitrogens is 5. The van der Waals surface area contributed by atoms with Crippen LogP contribution in [0.1, 0.15) is 53.2 Å². The summed E-state index contributed by atoms with van der Waals surface area (Å²) in [7, 11) is 1.71. The molecule has 2 aliphatic rings. The Labute approximate surface area is 209 Å². The second-order valence-corrected chi connectivity index (χ2v) is 10.1. The number of fused-ring (bicyclic) bond motifs is 5. The minimum absolute atomic E-state index is 0.227. The minimum Gasteiger partial charge on any atom is -0.497 e. The average Bonchev–Trinajstić information content (AvgIpc) is 3.57. The first-order chi connectivity index (χ1) is 17.6. The van der Waals surface area contributed by atoms with Gasteiger partial charge in [0, 0.05) is 28.0 Å². The highest BCUT2D eigenvalue weighted by molar-refractivity contribution is 5.81. The third-order valence-electron chi connectivity index (χ3n) is 8.34. The van der Waals surface area contributed by atoms with Gasteiger partial charge in [-0.15, -0.1) is 0 Å². The number of hydrogen-bond donors (Lipinski definition) is 1. The molecule has 3 heterocycles. The molecule has 3 atom stereocenters. The summed E-state index contributed by atoms with van der Waals surface area (Å²) in [6.45, 7) is 4.27. The molecule has 0 fully saturated rings. The Morgan fingerprint density at radius 3 is 2.81 bits per heavy atom. The van der Waals surface area contributed by atoms with Crippen molar-refractivity contribution in [2.45, 2.75) is 44.4 Å². The van der Waals surface area contributed by atoms with Crippen LogP contribution >= 0.6 is 0 Å². The van der Waals surface area contributed by atoms with Crippen LogP contribution in [0.4, 0.5) is 0 Å². The van der Waals surface area contributed by atoms with Crippen molar-refractivity contribution in [3.05, 3.63) is 89.0 Å². The van der Waals surface area contributed by atoms with Gasteiger partial charge in [-0.2, -0.15) is 0 Å². The maximum Gasteiger partial charge on any atom is 0.143 e. The van der Waals surface area contributed by atoms with Gasteiger partial charge in [-0.1, -0.05) is 30.3 Å². The number of aryl methyl sites for hydroxylation is 1. The first-order valence-corrected chi connectivity index (χ1v) is 12.5. The van der Waals surface area contributed by atoms with Crippen LogP contribution in [-0.4, -0.2) is 32.2 Å². The van der Waals surface area contributed by atoms with E-state index in [9.17, 15) is 0 Å². The van der Waals surface area contributed by atoms with Crippen LogP contribution < -0.4 is 4.74 Å². The lowest BCUT2D eigenvalue weighted by atomic mass is 9.53. The lowest BCUT2D eigenvalue weighted by Crippen LogP contribution is -2.48. The molecular formula is C29H27N5O2. The maximum atomic E-state index is 5.76. The fraction of sp³-hybridized carbons (Fsp3) is 0.310. The average molecular weight is 478 g/mol. The number of methoxy groups -OCH3 is 1. The van der Waals surface area contributed by atoms with E-state index in [0.717, 1.165) is 70.1 Å². The molecule has 180 valence electrons. The van der Waals surface area contributed by atoms with Crippen LogP contribution in [0, 0.1) is 12.8 Å². The number of nitrogens with zero attached hydrogens (tertiary/aromatic N) is 4. The fourth-order valence-electron chi connectivity index (χ4n) is 6.73. The number of hydrogen-bond acceptors (Lipinski definition) is 6. The normalized spacial score (nSPS) is 22.6. The minimum atomic E-state index is -0.309. The zero-order chi connectivity index (χ0) is 24.4. The Morgan fingerprint density at radius 1 is 1.11 bits per heavy atom. The van der Waals surface area contributed by atoms with E-state index in [1.807, 2.05) is 13.1 Å². The van der Waals surface area contributed by atoms with Gasteiger partial charge >= 0.3 is 0 Å². The molecule has 0 aliphatic heterocycles. The van der Waals surface area contributed by atoms with Crippen LogP contribution in [0.5, 0.6) is 5.75 Å². The topological polar surface area (TPSA) is 89.7 Å². The number of aromatic amines is 1. The van der Waals surface area contributed by atoms with E-state index in [1.54, 1.807) is 13.4 Å². The summed E-state index contributed by atoms with van der Waals surface area (Å²) < 4.78 is 11.3. The summed E-state index contributed by atoms with van der Waals surface area (Å²) in [5.74, 6) is 3.20. The lowest BCUT2D eigenvalue weighted by molar-refractivity contribution is 0.188. The largest absolute Gasteiger partial charge is 0.497 e. The monoisotopic (exact) mass is 477 g/mol. The van der Waals surface area contributed by atoms with Gasteiger partial charge in [0.2, 0.25) is 0 Å². The fourth-order valence-corrected chi connectivity index (χ4v) is 6.73. The van der Waals surface area contributed by atoms with E-state index in [1.165, 1.54) is 11.1 Å². The highest BCUT2D eigenvalue weighted by atomic mass is 16.5. The van der Waals surface area contributed by atoms with Gasteiger partial charge in [0.05, 0.1) is 42.1 Å². The molecule has 7 nitrogen and oxygen atoms in total. The third kappa shape index (κ3) is 2.92. The van der Waals surface area contributed by atoms with Gasteiger partial charge in [0.1, 0.15) is 17.3 Å². The van der Waals surface area contributed by atoms with Crippen LogP contribution in [-0.2, 0) is 18.3 Å². The summed E-state index contributed by atoms with van der Waals surface area (Å²) in [6, 6.07) is 14.9. The molecule has 0 radical (unpaired) electrons. The zero-order valence-corrected chi connectivity index (χ0v) is 20.6. The molecule has 0 saturated carbocycles.